The third kappa shape index (κ3) is 1.23. The zero-order chi connectivity index (χ0) is 8.55. The van der Waals surface area contributed by atoms with Crippen molar-refractivity contribution in [3.05, 3.63) is 34.9 Å². The van der Waals surface area contributed by atoms with Gasteiger partial charge in [0.2, 0.25) is 0 Å². The molecule has 1 aliphatic rings. The molecule has 0 spiro atoms. The van der Waals surface area contributed by atoms with E-state index in [-0.39, 0.29) is 0 Å². The Morgan fingerprint density at radius 2 is 2.00 bits per heavy atom. The maximum Gasteiger partial charge on any atom is 0.0441 e. The summed E-state index contributed by atoms with van der Waals surface area (Å²) in [6.45, 7) is 0. The summed E-state index contributed by atoms with van der Waals surface area (Å²) in [5.41, 5.74) is 7.09. The summed E-state index contributed by atoms with van der Waals surface area (Å²) in [4.78, 5) is 0. The highest BCUT2D eigenvalue weighted by Crippen LogP contribution is 2.38. The second-order valence-electron chi connectivity index (χ2n) is 3.37. The first kappa shape index (κ1) is 8.09. The second kappa shape index (κ2) is 3.08. The first-order valence-corrected chi connectivity index (χ1v) is 4.67. The van der Waals surface area contributed by atoms with Gasteiger partial charge in [0.25, 0.3) is 0 Å². The van der Waals surface area contributed by atoms with Crippen LogP contribution in [0.15, 0.2) is 24.3 Å². The van der Waals surface area contributed by atoms with Crippen molar-refractivity contribution in [2.45, 2.75) is 24.8 Å². The summed E-state index contributed by atoms with van der Waals surface area (Å²) in [5.74, 6) is 0.499. The molecule has 0 aliphatic heterocycles. The third-order valence-electron chi connectivity index (χ3n) is 2.63. The van der Waals surface area contributed by atoms with E-state index in [0.29, 0.717) is 12.0 Å². The highest BCUT2D eigenvalue weighted by molar-refractivity contribution is 6.31. The number of nitrogens with two attached hydrogens (primary N) is 1. The van der Waals surface area contributed by atoms with Crippen molar-refractivity contribution in [1.82, 2.24) is 0 Å². The molecule has 1 nitrogen and oxygen atoms in total. The van der Waals surface area contributed by atoms with Crippen molar-refractivity contribution < 1.29 is 0 Å². The number of halogens is 1. The molecule has 64 valence electrons. The normalized spacial score (nSPS) is 28.2. The molecule has 2 unspecified atom stereocenters. The molecule has 0 heterocycles. The zero-order valence-corrected chi connectivity index (χ0v) is 7.59. The van der Waals surface area contributed by atoms with Crippen LogP contribution in [0.2, 0.25) is 5.02 Å². The Balaban J connectivity index is 2.27. The van der Waals surface area contributed by atoms with Crippen LogP contribution in [0.1, 0.15) is 24.3 Å². The molecule has 1 saturated carbocycles. The summed E-state index contributed by atoms with van der Waals surface area (Å²) in [5, 5.41) is 0.859. The quantitative estimate of drug-likeness (QED) is 0.708. The Morgan fingerprint density at radius 3 is 2.50 bits per heavy atom. The number of rotatable bonds is 1. The summed E-state index contributed by atoms with van der Waals surface area (Å²) in [7, 11) is 0. The van der Waals surface area contributed by atoms with Crippen LogP contribution in [0.5, 0.6) is 0 Å². The summed E-state index contributed by atoms with van der Waals surface area (Å²) in [6, 6.07) is 8.31. The molecule has 1 aliphatic carbocycles. The van der Waals surface area contributed by atoms with E-state index < -0.39 is 0 Å². The van der Waals surface area contributed by atoms with E-state index in [4.69, 9.17) is 17.3 Å². The first-order chi connectivity index (χ1) is 5.79. The lowest BCUT2D eigenvalue weighted by Crippen LogP contribution is -2.37. The topological polar surface area (TPSA) is 26.0 Å². The van der Waals surface area contributed by atoms with Gasteiger partial charge in [-0.05, 0) is 24.5 Å². The molecule has 2 rings (SSSR count). The molecule has 2 N–H and O–H groups in total. The van der Waals surface area contributed by atoms with Crippen molar-refractivity contribution in [2.24, 2.45) is 5.73 Å². The molecule has 2 heteroatoms. The van der Waals surface area contributed by atoms with Crippen LogP contribution in [-0.4, -0.2) is 6.04 Å². The lowest BCUT2D eigenvalue weighted by molar-refractivity contribution is 0.347. The first-order valence-electron chi connectivity index (χ1n) is 4.29. The highest BCUT2D eigenvalue weighted by Gasteiger charge is 2.29. The monoisotopic (exact) mass is 181 g/mol. The lowest BCUT2D eigenvalue weighted by Gasteiger charge is -2.34. The standard InChI is InChI=1S/C10H12ClN/c11-9-4-2-1-3-7(9)8-5-6-10(8)12/h1-4,8,10H,5-6,12H2. The van der Waals surface area contributed by atoms with Gasteiger partial charge in [-0.3, -0.25) is 0 Å². The van der Waals surface area contributed by atoms with Crippen molar-refractivity contribution in [2.75, 3.05) is 0 Å². The predicted octanol–water partition coefficient (Wildman–Crippen LogP) is 2.54. The highest BCUT2D eigenvalue weighted by atomic mass is 35.5. The largest absolute Gasteiger partial charge is 0.327 e. The van der Waals surface area contributed by atoms with Crippen LogP contribution in [0.3, 0.4) is 0 Å². The van der Waals surface area contributed by atoms with Gasteiger partial charge in [-0.25, -0.2) is 0 Å². The molecule has 0 radical (unpaired) electrons. The number of hydrogen-bond donors (Lipinski definition) is 1. The maximum absolute atomic E-state index is 6.04. The van der Waals surface area contributed by atoms with Gasteiger partial charge in [0.05, 0.1) is 0 Å². The lowest BCUT2D eigenvalue weighted by atomic mass is 9.76. The Kier molecular flexibility index (Phi) is 2.07. The fourth-order valence-corrected chi connectivity index (χ4v) is 1.96. The molecule has 0 bridgehead atoms. The molecular formula is C10H12ClN. The van der Waals surface area contributed by atoms with E-state index >= 15 is 0 Å². The predicted molar refractivity (Wildman–Crippen MR) is 51.4 cm³/mol. The van der Waals surface area contributed by atoms with Crippen LogP contribution in [0.25, 0.3) is 0 Å². The minimum absolute atomic E-state index is 0.324. The molecule has 12 heavy (non-hydrogen) atoms. The van der Waals surface area contributed by atoms with Crippen molar-refractivity contribution in [1.29, 1.82) is 0 Å². The average Bonchev–Trinajstić information content (AvgIpc) is 2.06. The summed E-state index contributed by atoms with van der Waals surface area (Å²) < 4.78 is 0. The number of hydrogen-bond acceptors (Lipinski definition) is 1. The van der Waals surface area contributed by atoms with Crippen molar-refractivity contribution in [3.63, 3.8) is 0 Å². The molecule has 2 atom stereocenters. The second-order valence-corrected chi connectivity index (χ2v) is 3.78. The van der Waals surface area contributed by atoms with Gasteiger partial charge in [-0.15, -0.1) is 0 Å². The molecular weight excluding hydrogens is 170 g/mol. The average molecular weight is 182 g/mol. The van der Waals surface area contributed by atoms with Crippen LogP contribution in [0.4, 0.5) is 0 Å². The van der Waals surface area contributed by atoms with Crippen LogP contribution < -0.4 is 5.73 Å². The summed E-state index contributed by atoms with van der Waals surface area (Å²) >= 11 is 6.04. The minimum atomic E-state index is 0.324. The molecule has 0 saturated heterocycles. The van der Waals surface area contributed by atoms with Crippen LogP contribution in [0, 0.1) is 0 Å². The van der Waals surface area contributed by atoms with Gasteiger partial charge < -0.3 is 5.73 Å². The Morgan fingerprint density at radius 1 is 1.25 bits per heavy atom. The van der Waals surface area contributed by atoms with Gasteiger partial charge in [-0.1, -0.05) is 29.8 Å². The van der Waals surface area contributed by atoms with Crippen molar-refractivity contribution in [3.8, 4) is 0 Å². The minimum Gasteiger partial charge on any atom is -0.327 e. The van der Waals surface area contributed by atoms with E-state index in [1.165, 1.54) is 12.0 Å². The fourth-order valence-electron chi connectivity index (χ4n) is 1.69. The molecule has 1 aromatic rings. The molecule has 1 fully saturated rings. The molecule has 0 aromatic heterocycles. The number of benzene rings is 1. The smallest absolute Gasteiger partial charge is 0.0441 e. The third-order valence-corrected chi connectivity index (χ3v) is 2.98. The van der Waals surface area contributed by atoms with Gasteiger partial charge >= 0.3 is 0 Å². The molecule has 0 amide bonds. The zero-order valence-electron chi connectivity index (χ0n) is 6.83. The Labute approximate surface area is 77.5 Å². The van der Waals surface area contributed by atoms with E-state index in [0.717, 1.165) is 11.4 Å². The van der Waals surface area contributed by atoms with Crippen LogP contribution >= 0.6 is 11.6 Å². The van der Waals surface area contributed by atoms with E-state index in [1.54, 1.807) is 0 Å². The van der Waals surface area contributed by atoms with Crippen LogP contribution in [-0.2, 0) is 0 Å². The van der Waals surface area contributed by atoms with E-state index in [1.807, 2.05) is 18.2 Å². The van der Waals surface area contributed by atoms with Crippen molar-refractivity contribution >= 4 is 11.6 Å². The Bertz CT molecular complexity index is 285. The Hall–Kier alpha value is -0.530. The van der Waals surface area contributed by atoms with E-state index in [2.05, 4.69) is 6.07 Å². The SMILES string of the molecule is NC1CCC1c1ccccc1Cl. The van der Waals surface area contributed by atoms with E-state index in [9.17, 15) is 0 Å². The van der Waals surface area contributed by atoms with Gasteiger partial charge in [0, 0.05) is 17.0 Å². The fraction of sp³-hybridized carbons (Fsp3) is 0.400. The maximum atomic E-state index is 6.04. The van der Waals surface area contributed by atoms with Gasteiger partial charge in [-0.2, -0.15) is 0 Å². The van der Waals surface area contributed by atoms with Gasteiger partial charge in [0.15, 0.2) is 0 Å². The molecule has 1 aromatic carbocycles. The summed E-state index contributed by atoms with van der Waals surface area (Å²) in [6.07, 6.45) is 2.32. The van der Waals surface area contributed by atoms with Gasteiger partial charge in [0.1, 0.15) is 0 Å².